The zero-order valence-electron chi connectivity index (χ0n) is 13.1. The molecule has 116 valence electrons. The van der Waals surface area contributed by atoms with E-state index in [0.717, 1.165) is 16.6 Å². The number of fused-ring (bicyclic) bond motifs is 1. The third-order valence-electron chi connectivity index (χ3n) is 3.86. The number of aromatic carboxylic acids is 1. The summed E-state index contributed by atoms with van der Waals surface area (Å²) in [6, 6.07) is 14.9. The number of pyridine rings is 1. The van der Waals surface area contributed by atoms with Gasteiger partial charge in [0.05, 0.1) is 16.8 Å². The van der Waals surface area contributed by atoms with Crippen molar-refractivity contribution in [3.63, 3.8) is 0 Å². The van der Waals surface area contributed by atoms with Gasteiger partial charge in [0, 0.05) is 17.3 Å². The molecule has 3 rings (SSSR count). The molecule has 0 aliphatic carbocycles. The van der Waals surface area contributed by atoms with Gasteiger partial charge >= 0.3 is 5.97 Å². The van der Waals surface area contributed by atoms with Crippen molar-refractivity contribution < 1.29 is 9.90 Å². The molecule has 3 aromatic rings. The van der Waals surface area contributed by atoms with Crippen LogP contribution in [-0.4, -0.2) is 16.1 Å². The minimum absolute atomic E-state index is 0.248. The summed E-state index contributed by atoms with van der Waals surface area (Å²) in [6.07, 6.45) is 1.73. The molecule has 0 bridgehead atoms. The van der Waals surface area contributed by atoms with Gasteiger partial charge in [-0.1, -0.05) is 32.0 Å². The lowest BCUT2D eigenvalue weighted by Gasteiger charge is -2.13. The molecule has 0 spiro atoms. The number of anilines is 2. The van der Waals surface area contributed by atoms with Crippen LogP contribution in [0.2, 0.25) is 0 Å². The lowest BCUT2D eigenvalue weighted by atomic mass is 10.0. The number of rotatable bonds is 4. The van der Waals surface area contributed by atoms with Gasteiger partial charge in [-0.2, -0.15) is 0 Å². The number of carboxylic acids is 1. The van der Waals surface area contributed by atoms with E-state index in [0.29, 0.717) is 11.6 Å². The molecule has 1 aromatic heterocycles. The number of aromatic nitrogens is 1. The second kappa shape index (κ2) is 6.08. The Labute approximate surface area is 134 Å². The molecule has 0 fully saturated rings. The first-order valence-electron chi connectivity index (χ1n) is 7.54. The van der Waals surface area contributed by atoms with Crippen LogP contribution in [0.25, 0.3) is 10.9 Å². The molecular weight excluding hydrogens is 288 g/mol. The smallest absolute Gasteiger partial charge is 0.337 e. The predicted molar refractivity (Wildman–Crippen MR) is 92.5 cm³/mol. The van der Waals surface area contributed by atoms with Gasteiger partial charge in [0.25, 0.3) is 0 Å². The highest BCUT2D eigenvalue weighted by molar-refractivity contribution is 5.98. The van der Waals surface area contributed by atoms with Crippen molar-refractivity contribution in [1.29, 1.82) is 0 Å². The Balaban J connectivity index is 2.10. The van der Waals surface area contributed by atoms with Crippen molar-refractivity contribution in [2.75, 3.05) is 5.32 Å². The molecule has 0 aliphatic rings. The van der Waals surface area contributed by atoms with Crippen molar-refractivity contribution >= 4 is 28.2 Å². The predicted octanol–water partition coefficient (Wildman–Crippen LogP) is 4.80. The SMILES string of the molecule is CC(C)c1ccc2nccc(Nc3ccccc3C(=O)O)c2c1. The molecule has 4 nitrogen and oxygen atoms in total. The fourth-order valence-electron chi connectivity index (χ4n) is 2.56. The summed E-state index contributed by atoms with van der Waals surface area (Å²) in [7, 11) is 0. The highest BCUT2D eigenvalue weighted by Crippen LogP contribution is 2.29. The Kier molecular flexibility index (Phi) is 3.98. The van der Waals surface area contributed by atoms with Gasteiger partial charge in [-0.3, -0.25) is 4.98 Å². The molecule has 0 atom stereocenters. The van der Waals surface area contributed by atoms with Crippen molar-refractivity contribution in [3.05, 3.63) is 65.9 Å². The van der Waals surface area contributed by atoms with Crippen molar-refractivity contribution in [2.45, 2.75) is 19.8 Å². The van der Waals surface area contributed by atoms with E-state index in [4.69, 9.17) is 0 Å². The standard InChI is InChI=1S/C19H18N2O2/c1-12(2)13-7-8-16-15(11-13)18(9-10-20-16)21-17-6-4-3-5-14(17)19(22)23/h3-12H,1-2H3,(H,20,21)(H,22,23). The minimum Gasteiger partial charge on any atom is -0.478 e. The van der Waals surface area contributed by atoms with Crippen LogP contribution in [0.5, 0.6) is 0 Å². The average Bonchev–Trinajstić information content (AvgIpc) is 2.55. The molecule has 4 heteroatoms. The van der Waals surface area contributed by atoms with Gasteiger partial charge in [0.1, 0.15) is 0 Å². The number of hydrogen-bond acceptors (Lipinski definition) is 3. The van der Waals surface area contributed by atoms with Crippen LogP contribution in [0.1, 0.15) is 35.7 Å². The van der Waals surface area contributed by atoms with Crippen LogP contribution in [0.15, 0.2) is 54.7 Å². The van der Waals surface area contributed by atoms with E-state index >= 15 is 0 Å². The highest BCUT2D eigenvalue weighted by atomic mass is 16.4. The summed E-state index contributed by atoms with van der Waals surface area (Å²) in [4.78, 5) is 15.8. The normalized spacial score (nSPS) is 10.9. The van der Waals surface area contributed by atoms with Gasteiger partial charge in [0.15, 0.2) is 0 Å². The molecule has 0 unspecified atom stereocenters. The zero-order chi connectivity index (χ0) is 16.4. The van der Waals surface area contributed by atoms with Crippen LogP contribution < -0.4 is 5.32 Å². The van der Waals surface area contributed by atoms with E-state index in [9.17, 15) is 9.90 Å². The van der Waals surface area contributed by atoms with Gasteiger partial charge < -0.3 is 10.4 Å². The number of para-hydroxylation sites is 1. The lowest BCUT2D eigenvalue weighted by molar-refractivity contribution is 0.0698. The summed E-state index contributed by atoms with van der Waals surface area (Å²) in [5.74, 6) is -0.534. The van der Waals surface area contributed by atoms with E-state index in [-0.39, 0.29) is 5.56 Å². The Hall–Kier alpha value is -2.88. The van der Waals surface area contributed by atoms with E-state index in [2.05, 4.69) is 36.3 Å². The summed E-state index contributed by atoms with van der Waals surface area (Å²) >= 11 is 0. The van der Waals surface area contributed by atoms with Gasteiger partial charge in [-0.25, -0.2) is 4.79 Å². The maximum absolute atomic E-state index is 11.4. The highest BCUT2D eigenvalue weighted by Gasteiger charge is 2.11. The fraction of sp³-hybridized carbons (Fsp3) is 0.158. The van der Waals surface area contributed by atoms with Gasteiger partial charge in [-0.15, -0.1) is 0 Å². The molecule has 0 radical (unpaired) electrons. The van der Waals surface area contributed by atoms with Crippen LogP contribution in [0, 0.1) is 0 Å². The number of hydrogen-bond donors (Lipinski definition) is 2. The number of nitrogens with zero attached hydrogens (tertiary/aromatic N) is 1. The van der Waals surface area contributed by atoms with Crippen LogP contribution in [0.3, 0.4) is 0 Å². The van der Waals surface area contributed by atoms with E-state index in [1.165, 1.54) is 5.56 Å². The quantitative estimate of drug-likeness (QED) is 0.726. The number of nitrogens with one attached hydrogen (secondary N) is 1. The third-order valence-corrected chi connectivity index (χ3v) is 3.86. The maximum Gasteiger partial charge on any atom is 0.337 e. The summed E-state index contributed by atoms with van der Waals surface area (Å²) < 4.78 is 0. The van der Waals surface area contributed by atoms with Gasteiger partial charge in [0.2, 0.25) is 0 Å². The molecule has 0 aliphatic heterocycles. The first-order chi connectivity index (χ1) is 11.1. The topological polar surface area (TPSA) is 62.2 Å². The summed E-state index contributed by atoms with van der Waals surface area (Å²) in [5.41, 5.74) is 3.78. The average molecular weight is 306 g/mol. The second-order valence-electron chi connectivity index (χ2n) is 5.77. The first-order valence-corrected chi connectivity index (χ1v) is 7.54. The van der Waals surface area contributed by atoms with Crippen LogP contribution >= 0.6 is 0 Å². The first kappa shape index (κ1) is 15.0. The molecule has 1 heterocycles. The number of benzene rings is 2. The maximum atomic E-state index is 11.4. The van der Waals surface area contributed by atoms with Crippen molar-refractivity contribution in [2.24, 2.45) is 0 Å². The van der Waals surface area contributed by atoms with E-state index in [1.54, 1.807) is 24.4 Å². The van der Waals surface area contributed by atoms with Crippen molar-refractivity contribution in [1.82, 2.24) is 4.98 Å². The van der Waals surface area contributed by atoms with E-state index < -0.39 is 5.97 Å². The molecule has 23 heavy (non-hydrogen) atoms. The molecular formula is C19H18N2O2. The lowest BCUT2D eigenvalue weighted by Crippen LogP contribution is -2.03. The van der Waals surface area contributed by atoms with Gasteiger partial charge in [-0.05, 0) is 41.8 Å². The number of carbonyl (C=O) groups is 1. The molecule has 0 amide bonds. The second-order valence-corrected chi connectivity index (χ2v) is 5.77. The number of carboxylic acid groups (broad SMARTS) is 1. The molecule has 0 saturated carbocycles. The zero-order valence-corrected chi connectivity index (χ0v) is 13.1. The largest absolute Gasteiger partial charge is 0.478 e. The summed E-state index contributed by atoms with van der Waals surface area (Å²) in [6.45, 7) is 4.29. The van der Waals surface area contributed by atoms with Crippen LogP contribution in [0.4, 0.5) is 11.4 Å². The summed E-state index contributed by atoms with van der Waals surface area (Å²) in [5, 5.41) is 13.5. The molecule has 2 aromatic carbocycles. The van der Waals surface area contributed by atoms with E-state index in [1.807, 2.05) is 18.2 Å². The fourth-order valence-corrected chi connectivity index (χ4v) is 2.56. The van der Waals surface area contributed by atoms with Crippen LogP contribution in [-0.2, 0) is 0 Å². The van der Waals surface area contributed by atoms with Crippen molar-refractivity contribution in [3.8, 4) is 0 Å². The Morgan fingerprint density at radius 3 is 2.61 bits per heavy atom. The monoisotopic (exact) mass is 306 g/mol. The Morgan fingerprint density at radius 2 is 1.87 bits per heavy atom. The molecule has 0 saturated heterocycles. The Bertz CT molecular complexity index is 872. The third kappa shape index (κ3) is 3.01. The molecule has 2 N–H and O–H groups in total. The minimum atomic E-state index is -0.950. The Morgan fingerprint density at radius 1 is 1.09 bits per heavy atom.